The first kappa shape index (κ1) is 10.4. The highest BCUT2D eigenvalue weighted by atomic mass is 127. The molecule has 1 rings (SSSR count). The Labute approximate surface area is 86.7 Å². The van der Waals surface area contributed by atoms with Crippen molar-refractivity contribution in [3.63, 3.8) is 0 Å². The van der Waals surface area contributed by atoms with Gasteiger partial charge < -0.3 is 5.11 Å². The predicted octanol–water partition coefficient (Wildman–Crippen LogP) is 2.93. The van der Waals surface area contributed by atoms with E-state index in [-0.39, 0.29) is 14.7 Å². The van der Waals surface area contributed by atoms with Gasteiger partial charge in [0, 0.05) is 9.13 Å². The normalized spacial score (nSPS) is 10.5. The number of hydrogen-bond acceptors (Lipinski definition) is 1. The van der Waals surface area contributed by atoms with E-state index in [9.17, 15) is 13.6 Å². The number of rotatable bonds is 2. The standard InChI is InChI=1S/C8H5F2IO2/c9-7(10)5-2-1-4(8(12)13)3-6(5)11/h1-3,7H,(H,12,13). The molecule has 0 aliphatic rings. The highest BCUT2D eigenvalue weighted by molar-refractivity contribution is 14.1. The molecule has 0 bridgehead atoms. The second-order valence-corrected chi connectivity index (χ2v) is 3.50. The summed E-state index contributed by atoms with van der Waals surface area (Å²) in [6.07, 6.45) is -2.56. The van der Waals surface area contributed by atoms with Crippen molar-refractivity contribution in [2.75, 3.05) is 0 Å². The van der Waals surface area contributed by atoms with Gasteiger partial charge in [0.1, 0.15) is 0 Å². The molecule has 0 saturated carbocycles. The van der Waals surface area contributed by atoms with Gasteiger partial charge in [-0.25, -0.2) is 13.6 Å². The summed E-state index contributed by atoms with van der Waals surface area (Å²) in [4.78, 5) is 10.4. The van der Waals surface area contributed by atoms with E-state index in [1.165, 1.54) is 12.1 Å². The van der Waals surface area contributed by atoms with Crippen LogP contribution < -0.4 is 0 Å². The molecule has 0 fully saturated rings. The van der Waals surface area contributed by atoms with Crippen molar-refractivity contribution in [1.82, 2.24) is 0 Å². The highest BCUT2D eigenvalue weighted by Crippen LogP contribution is 2.24. The van der Waals surface area contributed by atoms with Crippen LogP contribution in [0, 0.1) is 3.57 Å². The molecule has 0 aromatic heterocycles. The smallest absolute Gasteiger partial charge is 0.335 e. The molecule has 0 heterocycles. The molecule has 5 heteroatoms. The van der Waals surface area contributed by atoms with Crippen LogP contribution in [0.15, 0.2) is 18.2 Å². The summed E-state index contributed by atoms with van der Waals surface area (Å²) in [6, 6.07) is 3.53. The molecule has 1 aromatic rings. The molecule has 0 aliphatic heterocycles. The quantitative estimate of drug-likeness (QED) is 0.852. The highest BCUT2D eigenvalue weighted by Gasteiger charge is 2.13. The second-order valence-electron chi connectivity index (χ2n) is 2.34. The summed E-state index contributed by atoms with van der Waals surface area (Å²) < 4.78 is 24.7. The van der Waals surface area contributed by atoms with E-state index in [2.05, 4.69) is 0 Å². The van der Waals surface area contributed by atoms with E-state index in [1.54, 1.807) is 22.6 Å². The molecular weight excluding hydrogens is 293 g/mol. The van der Waals surface area contributed by atoms with Crippen LogP contribution in [0.25, 0.3) is 0 Å². The van der Waals surface area contributed by atoms with Crippen molar-refractivity contribution >= 4 is 28.6 Å². The van der Waals surface area contributed by atoms with Crippen LogP contribution in [0.3, 0.4) is 0 Å². The van der Waals surface area contributed by atoms with Crippen LogP contribution in [-0.4, -0.2) is 11.1 Å². The van der Waals surface area contributed by atoms with Gasteiger partial charge in [0.2, 0.25) is 0 Å². The summed E-state index contributed by atoms with van der Waals surface area (Å²) in [5.41, 5.74) is -0.112. The molecular formula is C8H5F2IO2. The summed E-state index contributed by atoms with van der Waals surface area (Å²) in [6.45, 7) is 0. The molecule has 0 amide bonds. The van der Waals surface area contributed by atoms with Crippen molar-refractivity contribution in [3.05, 3.63) is 32.9 Å². The van der Waals surface area contributed by atoms with Gasteiger partial charge in [-0.3, -0.25) is 0 Å². The first-order chi connectivity index (χ1) is 6.02. The summed E-state index contributed by atoms with van der Waals surface area (Å²) in [5, 5.41) is 8.55. The molecule has 0 spiro atoms. The number of carboxylic acid groups (broad SMARTS) is 1. The minimum atomic E-state index is -2.56. The monoisotopic (exact) mass is 298 g/mol. The zero-order valence-corrected chi connectivity index (χ0v) is 8.46. The fourth-order valence-corrected chi connectivity index (χ4v) is 1.59. The first-order valence-corrected chi connectivity index (χ1v) is 4.41. The summed E-state index contributed by atoms with van der Waals surface area (Å²) in [5.74, 6) is -1.11. The molecule has 0 radical (unpaired) electrons. The number of carboxylic acids is 1. The third-order valence-corrected chi connectivity index (χ3v) is 2.42. The van der Waals surface area contributed by atoms with Gasteiger partial charge >= 0.3 is 5.97 Å². The molecule has 2 nitrogen and oxygen atoms in total. The molecule has 1 aromatic carbocycles. The Bertz CT molecular complexity index is 339. The van der Waals surface area contributed by atoms with Crippen molar-refractivity contribution in [1.29, 1.82) is 0 Å². The van der Waals surface area contributed by atoms with E-state index in [0.29, 0.717) is 0 Å². The first-order valence-electron chi connectivity index (χ1n) is 3.33. The van der Waals surface area contributed by atoms with Gasteiger partial charge in [-0.15, -0.1) is 0 Å². The van der Waals surface area contributed by atoms with Crippen molar-refractivity contribution in [2.24, 2.45) is 0 Å². The minimum absolute atomic E-state index is 0.0220. The van der Waals surface area contributed by atoms with Crippen molar-refractivity contribution in [2.45, 2.75) is 6.43 Å². The van der Waals surface area contributed by atoms with Gasteiger partial charge in [0.05, 0.1) is 5.56 Å². The molecule has 0 atom stereocenters. The lowest BCUT2D eigenvalue weighted by atomic mass is 10.1. The molecule has 0 saturated heterocycles. The van der Waals surface area contributed by atoms with Crippen molar-refractivity contribution < 1.29 is 18.7 Å². The largest absolute Gasteiger partial charge is 0.478 e. The zero-order chi connectivity index (χ0) is 10.0. The number of carbonyl (C=O) groups is 1. The SMILES string of the molecule is O=C(O)c1ccc(C(F)F)c(I)c1. The van der Waals surface area contributed by atoms with Gasteiger partial charge in [-0.2, -0.15) is 0 Å². The van der Waals surface area contributed by atoms with Crippen LogP contribution in [0.5, 0.6) is 0 Å². The Kier molecular flexibility index (Phi) is 3.18. The van der Waals surface area contributed by atoms with Crippen molar-refractivity contribution in [3.8, 4) is 0 Å². The third kappa shape index (κ3) is 2.36. The Balaban J connectivity index is 3.13. The molecule has 1 N–H and O–H groups in total. The lowest BCUT2D eigenvalue weighted by Gasteiger charge is -2.03. The van der Waals surface area contributed by atoms with Gasteiger partial charge in [0.25, 0.3) is 6.43 Å². The van der Waals surface area contributed by atoms with Gasteiger partial charge in [-0.05, 0) is 34.7 Å². The fraction of sp³-hybridized carbons (Fsp3) is 0.125. The lowest BCUT2D eigenvalue weighted by Crippen LogP contribution is -1.98. The lowest BCUT2D eigenvalue weighted by molar-refractivity contribution is 0.0696. The molecule has 70 valence electrons. The average Bonchev–Trinajstić information content (AvgIpc) is 2.03. The van der Waals surface area contributed by atoms with E-state index in [0.717, 1.165) is 6.07 Å². The van der Waals surface area contributed by atoms with Crippen LogP contribution in [0.4, 0.5) is 8.78 Å². The molecule has 0 unspecified atom stereocenters. The average molecular weight is 298 g/mol. The van der Waals surface area contributed by atoms with E-state index >= 15 is 0 Å². The van der Waals surface area contributed by atoms with Crippen LogP contribution in [0.1, 0.15) is 22.3 Å². The predicted molar refractivity (Wildman–Crippen MR) is 51.1 cm³/mol. The Morgan fingerprint density at radius 1 is 1.46 bits per heavy atom. The van der Waals surface area contributed by atoms with Crippen LogP contribution in [0.2, 0.25) is 0 Å². The van der Waals surface area contributed by atoms with E-state index < -0.39 is 12.4 Å². The van der Waals surface area contributed by atoms with E-state index in [4.69, 9.17) is 5.11 Å². The number of alkyl halides is 2. The van der Waals surface area contributed by atoms with E-state index in [1.807, 2.05) is 0 Å². The third-order valence-electron chi connectivity index (χ3n) is 1.48. The van der Waals surface area contributed by atoms with Gasteiger partial charge in [-0.1, -0.05) is 6.07 Å². The summed E-state index contributed by atoms with van der Waals surface area (Å²) >= 11 is 1.69. The summed E-state index contributed by atoms with van der Waals surface area (Å²) in [7, 11) is 0. The molecule has 13 heavy (non-hydrogen) atoms. The maximum Gasteiger partial charge on any atom is 0.335 e. The maximum atomic E-state index is 12.2. The number of benzene rings is 1. The Hall–Kier alpha value is -0.720. The molecule has 0 aliphatic carbocycles. The minimum Gasteiger partial charge on any atom is -0.478 e. The number of aromatic carboxylic acids is 1. The zero-order valence-electron chi connectivity index (χ0n) is 6.30. The fourth-order valence-electron chi connectivity index (χ4n) is 0.837. The Morgan fingerprint density at radius 2 is 2.08 bits per heavy atom. The van der Waals surface area contributed by atoms with Gasteiger partial charge in [0.15, 0.2) is 0 Å². The number of hydrogen-bond donors (Lipinski definition) is 1. The topological polar surface area (TPSA) is 37.3 Å². The van der Waals surface area contributed by atoms with Crippen LogP contribution in [-0.2, 0) is 0 Å². The maximum absolute atomic E-state index is 12.2. The Morgan fingerprint density at radius 3 is 2.46 bits per heavy atom. The van der Waals surface area contributed by atoms with Crippen LogP contribution >= 0.6 is 22.6 Å². The second kappa shape index (κ2) is 3.99. The number of halogens is 3.